The fourth-order valence-electron chi connectivity index (χ4n) is 1.00. The number of thiazole rings is 1. The quantitative estimate of drug-likeness (QED) is 0.728. The van der Waals surface area contributed by atoms with Crippen LogP contribution in [-0.4, -0.2) is 19.7 Å². The van der Waals surface area contributed by atoms with Gasteiger partial charge in [-0.1, -0.05) is 0 Å². The molecule has 6 heteroatoms. The first-order valence-corrected chi connectivity index (χ1v) is 5.11. The lowest BCUT2D eigenvalue weighted by Crippen LogP contribution is -2.00. The van der Waals surface area contributed by atoms with Crippen molar-refractivity contribution in [2.75, 3.05) is 0 Å². The van der Waals surface area contributed by atoms with Gasteiger partial charge in [0, 0.05) is 11.1 Å². The molecule has 0 bridgehead atoms. The summed E-state index contributed by atoms with van der Waals surface area (Å²) in [6, 6.07) is 0. The molecule has 0 atom stereocenters. The second kappa shape index (κ2) is 3.85. The summed E-state index contributed by atoms with van der Waals surface area (Å²) >= 11 is 7.29. The monoisotopic (exact) mass is 214 g/mol. The summed E-state index contributed by atoms with van der Waals surface area (Å²) in [6.07, 6.45) is 3.51. The molecular weight excluding hydrogens is 208 g/mol. The molecule has 0 amide bonds. The fraction of sp³-hybridized carbons (Fsp3) is 0.286. The summed E-state index contributed by atoms with van der Waals surface area (Å²) in [5.74, 6) is 1.17. The van der Waals surface area contributed by atoms with E-state index in [1.54, 1.807) is 23.2 Å². The number of rotatable bonds is 3. The molecule has 0 aliphatic rings. The maximum absolute atomic E-state index is 5.68. The van der Waals surface area contributed by atoms with Crippen LogP contribution in [0.1, 0.15) is 10.7 Å². The molecule has 0 N–H and O–H groups in total. The van der Waals surface area contributed by atoms with E-state index in [2.05, 4.69) is 15.2 Å². The van der Waals surface area contributed by atoms with Crippen LogP contribution in [0.5, 0.6) is 0 Å². The van der Waals surface area contributed by atoms with Gasteiger partial charge in [0.05, 0.1) is 17.9 Å². The third-order valence-electron chi connectivity index (χ3n) is 1.62. The lowest BCUT2D eigenvalue weighted by molar-refractivity contribution is 0.763. The first kappa shape index (κ1) is 8.65. The second-order valence-electron chi connectivity index (χ2n) is 2.48. The summed E-state index contributed by atoms with van der Waals surface area (Å²) in [5.41, 5.74) is 1.81. The summed E-state index contributed by atoms with van der Waals surface area (Å²) in [7, 11) is 0. The van der Waals surface area contributed by atoms with E-state index in [9.17, 15) is 0 Å². The van der Waals surface area contributed by atoms with E-state index in [-0.39, 0.29) is 0 Å². The minimum atomic E-state index is 0.388. The maximum Gasteiger partial charge on any atom is 0.148 e. The van der Waals surface area contributed by atoms with Gasteiger partial charge in [0.25, 0.3) is 0 Å². The average molecular weight is 215 g/mol. The van der Waals surface area contributed by atoms with Crippen LogP contribution in [0.3, 0.4) is 0 Å². The molecule has 4 nitrogen and oxygen atoms in total. The topological polar surface area (TPSA) is 43.6 Å². The molecular formula is C7H7ClN4S. The van der Waals surface area contributed by atoms with Crippen molar-refractivity contribution in [1.82, 2.24) is 19.7 Å². The van der Waals surface area contributed by atoms with Gasteiger partial charge in [-0.05, 0) is 0 Å². The predicted octanol–water partition coefficient (Wildman–Crippen LogP) is 1.52. The smallest absolute Gasteiger partial charge is 0.148 e. The van der Waals surface area contributed by atoms with Crippen molar-refractivity contribution in [3.8, 4) is 0 Å². The van der Waals surface area contributed by atoms with Gasteiger partial charge in [-0.2, -0.15) is 0 Å². The molecule has 0 saturated carbocycles. The Bertz CT molecular complexity index is 370. The highest BCUT2D eigenvalue weighted by Crippen LogP contribution is 2.09. The minimum Gasteiger partial charge on any atom is -0.311 e. The Kier molecular flexibility index (Phi) is 2.56. The molecule has 0 aliphatic carbocycles. The summed E-state index contributed by atoms with van der Waals surface area (Å²) in [4.78, 5) is 5.16. The Morgan fingerprint density at radius 2 is 2.46 bits per heavy atom. The molecule has 0 fully saturated rings. The van der Waals surface area contributed by atoms with E-state index < -0.39 is 0 Å². The van der Waals surface area contributed by atoms with E-state index in [1.165, 1.54) is 4.88 Å². The highest BCUT2D eigenvalue weighted by atomic mass is 35.5. The average Bonchev–Trinajstić information content (AvgIpc) is 2.76. The highest BCUT2D eigenvalue weighted by Gasteiger charge is 2.03. The van der Waals surface area contributed by atoms with Gasteiger partial charge in [0.2, 0.25) is 0 Å². The van der Waals surface area contributed by atoms with Gasteiger partial charge in [-0.3, -0.25) is 4.98 Å². The van der Waals surface area contributed by atoms with Crippen LogP contribution in [0.2, 0.25) is 0 Å². The lowest BCUT2D eigenvalue weighted by Gasteiger charge is -2.00. The summed E-state index contributed by atoms with van der Waals surface area (Å²) in [6.45, 7) is 0.750. The molecule has 0 spiro atoms. The van der Waals surface area contributed by atoms with Gasteiger partial charge in [-0.15, -0.1) is 33.1 Å². The summed E-state index contributed by atoms with van der Waals surface area (Å²) in [5, 5.41) is 7.67. The molecule has 0 aliphatic heterocycles. The number of aromatic nitrogens is 4. The molecule has 2 rings (SSSR count). The highest BCUT2D eigenvalue weighted by molar-refractivity contribution is 7.09. The van der Waals surface area contributed by atoms with Crippen LogP contribution in [0.25, 0.3) is 0 Å². The van der Waals surface area contributed by atoms with E-state index in [0.717, 1.165) is 12.4 Å². The largest absolute Gasteiger partial charge is 0.311 e. The van der Waals surface area contributed by atoms with Crippen molar-refractivity contribution in [2.24, 2.45) is 0 Å². The third kappa shape index (κ3) is 1.87. The molecule has 13 heavy (non-hydrogen) atoms. The molecule has 2 heterocycles. The van der Waals surface area contributed by atoms with Crippen LogP contribution >= 0.6 is 22.9 Å². The van der Waals surface area contributed by atoms with Crippen molar-refractivity contribution in [2.45, 2.75) is 12.4 Å². The number of nitrogens with zero attached hydrogens (tertiary/aromatic N) is 4. The zero-order chi connectivity index (χ0) is 9.10. The van der Waals surface area contributed by atoms with E-state index in [4.69, 9.17) is 11.6 Å². The van der Waals surface area contributed by atoms with Crippen molar-refractivity contribution in [1.29, 1.82) is 0 Å². The molecule has 0 saturated heterocycles. The first-order chi connectivity index (χ1) is 6.40. The van der Waals surface area contributed by atoms with Gasteiger partial charge in [0.1, 0.15) is 12.2 Å². The van der Waals surface area contributed by atoms with Crippen LogP contribution in [0, 0.1) is 0 Å². The molecule has 68 valence electrons. The SMILES string of the molecule is ClCc1nncn1Cc1cncs1. The standard InChI is InChI=1S/C7H7ClN4S/c8-1-7-11-10-4-12(7)3-6-2-9-5-13-6/h2,4-5H,1,3H2. The first-order valence-electron chi connectivity index (χ1n) is 3.70. The number of hydrogen-bond acceptors (Lipinski definition) is 4. The summed E-state index contributed by atoms with van der Waals surface area (Å²) < 4.78 is 1.92. The molecule has 0 aromatic carbocycles. The van der Waals surface area contributed by atoms with Gasteiger partial charge < -0.3 is 4.57 Å². The lowest BCUT2D eigenvalue weighted by atomic mass is 10.5. The van der Waals surface area contributed by atoms with Crippen molar-refractivity contribution >= 4 is 22.9 Å². The Balaban J connectivity index is 2.18. The van der Waals surface area contributed by atoms with Gasteiger partial charge in [0.15, 0.2) is 0 Å². The molecule has 0 radical (unpaired) electrons. The Morgan fingerprint density at radius 3 is 3.15 bits per heavy atom. The Labute approximate surface area is 84.2 Å². The zero-order valence-electron chi connectivity index (χ0n) is 6.72. The van der Waals surface area contributed by atoms with E-state index in [1.807, 2.05) is 10.8 Å². The van der Waals surface area contributed by atoms with Crippen LogP contribution < -0.4 is 0 Å². The minimum absolute atomic E-state index is 0.388. The number of hydrogen-bond donors (Lipinski definition) is 0. The van der Waals surface area contributed by atoms with Crippen molar-refractivity contribution in [3.63, 3.8) is 0 Å². The fourth-order valence-corrected chi connectivity index (χ4v) is 1.80. The zero-order valence-corrected chi connectivity index (χ0v) is 8.29. The van der Waals surface area contributed by atoms with E-state index >= 15 is 0 Å². The molecule has 0 unspecified atom stereocenters. The molecule has 2 aromatic heterocycles. The maximum atomic E-state index is 5.68. The third-order valence-corrected chi connectivity index (χ3v) is 2.63. The Hall–Kier alpha value is -0.940. The van der Waals surface area contributed by atoms with Crippen molar-refractivity contribution in [3.05, 3.63) is 28.7 Å². The van der Waals surface area contributed by atoms with Gasteiger partial charge in [-0.25, -0.2) is 0 Å². The van der Waals surface area contributed by atoms with Crippen LogP contribution in [-0.2, 0) is 12.4 Å². The van der Waals surface area contributed by atoms with Crippen molar-refractivity contribution < 1.29 is 0 Å². The predicted molar refractivity (Wildman–Crippen MR) is 50.8 cm³/mol. The number of alkyl halides is 1. The van der Waals surface area contributed by atoms with Crippen LogP contribution in [0.4, 0.5) is 0 Å². The Morgan fingerprint density at radius 1 is 1.54 bits per heavy atom. The van der Waals surface area contributed by atoms with Gasteiger partial charge >= 0.3 is 0 Å². The normalized spacial score (nSPS) is 10.5. The van der Waals surface area contributed by atoms with E-state index in [0.29, 0.717) is 5.88 Å². The number of halogens is 1. The molecule has 2 aromatic rings. The second-order valence-corrected chi connectivity index (χ2v) is 3.71. The van der Waals surface area contributed by atoms with Crippen LogP contribution in [0.15, 0.2) is 18.0 Å².